The molecule has 0 aromatic carbocycles. The van der Waals surface area contributed by atoms with Crippen LogP contribution in [0.5, 0.6) is 0 Å². The van der Waals surface area contributed by atoms with Gasteiger partial charge >= 0.3 is 23.7 Å². The number of hydrogen-bond donors (Lipinski definition) is 0. The van der Waals surface area contributed by atoms with E-state index in [1.54, 1.807) is 0 Å². The number of hydrogen-bond acceptors (Lipinski definition) is 4. The van der Waals surface area contributed by atoms with E-state index in [4.69, 9.17) is 21.0 Å². The molecule has 0 aromatic rings. The SMILES string of the molecule is N#CC(F)(F)C(C(F)(F)C#N)(C(F)(F)C#N)C(F)(F)C#N. The zero-order valence-corrected chi connectivity index (χ0v) is 9.31. The molecule has 0 unspecified atom stereocenters. The van der Waals surface area contributed by atoms with Crippen LogP contribution in [0, 0.1) is 50.7 Å². The summed E-state index contributed by atoms with van der Waals surface area (Å²) in [4.78, 5) is 0. The highest BCUT2D eigenvalue weighted by Gasteiger charge is 2.91. The third-order valence-electron chi connectivity index (χ3n) is 2.45. The van der Waals surface area contributed by atoms with E-state index in [9.17, 15) is 35.1 Å². The Bertz CT molecular complexity index is 488. The molecule has 21 heavy (non-hydrogen) atoms. The summed E-state index contributed by atoms with van der Waals surface area (Å²) in [6.07, 6.45) is 0. The van der Waals surface area contributed by atoms with Crippen molar-refractivity contribution in [1.82, 2.24) is 0 Å². The smallest absolute Gasteiger partial charge is 0.192 e. The molecule has 12 heteroatoms. The fraction of sp³-hybridized carbons (Fsp3) is 0.556. The summed E-state index contributed by atoms with van der Waals surface area (Å²) in [5, 5.41) is 31.9. The minimum Gasteiger partial charge on any atom is -0.192 e. The molecule has 0 saturated carbocycles. The summed E-state index contributed by atoms with van der Waals surface area (Å²) < 4.78 is 106. The predicted molar refractivity (Wildman–Crippen MR) is 44.7 cm³/mol. The highest BCUT2D eigenvalue weighted by molar-refractivity contribution is 5.34. The van der Waals surface area contributed by atoms with Gasteiger partial charge < -0.3 is 0 Å². The van der Waals surface area contributed by atoms with E-state index < -0.39 is 53.4 Å². The Kier molecular flexibility index (Phi) is 4.16. The first-order chi connectivity index (χ1) is 9.24. The summed E-state index contributed by atoms with van der Waals surface area (Å²) >= 11 is 0. The molecule has 0 aliphatic rings. The largest absolute Gasteiger partial charge is 0.358 e. The highest BCUT2D eigenvalue weighted by Crippen LogP contribution is 2.64. The first-order valence-electron chi connectivity index (χ1n) is 4.41. The molecule has 0 spiro atoms. The quantitative estimate of drug-likeness (QED) is 0.745. The molecule has 112 valence electrons. The van der Waals surface area contributed by atoms with Gasteiger partial charge in [-0.05, 0) is 0 Å². The van der Waals surface area contributed by atoms with Crippen LogP contribution in [0.4, 0.5) is 35.1 Å². The van der Waals surface area contributed by atoms with Crippen LogP contribution in [-0.4, -0.2) is 23.7 Å². The fourth-order valence-corrected chi connectivity index (χ4v) is 1.52. The minimum atomic E-state index is -6.49. The van der Waals surface area contributed by atoms with Gasteiger partial charge in [0.05, 0.1) is 0 Å². The number of nitriles is 4. The average Bonchev–Trinajstić information content (AvgIpc) is 2.37. The van der Waals surface area contributed by atoms with Crippen LogP contribution in [0.1, 0.15) is 0 Å². The molecule has 0 radical (unpaired) electrons. The monoisotopic (exact) mass is 316 g/mol. The van der Waals surface area contributed by atoms with E-state index in [1.165, 1.54) is 0 Å². The maximum absolute atomic E-state index is 13.3. The Morgan fingerprint density at radius 1 is 0.429 bits per heavy atom. The van der Waals surface area contributed by atoms with Gasteiger partial charge in [-0.1, -0.05) is 0 Å². The van der Waals surface area contributed by atoms with Gasteiger partial charge in [-0.2, -0.15) is 56.2 Å². The molecule has 0 aliphatic carbocycles. The summed E-state index contributed by atoms with van der Waals surface area (Å²) in [5.74, 6) is -25.2. The summed E-state index contributed by atoms with van der Waals surface area (Å²) in [7, 11) is 0. The van der Waals surface area contributed by atoms with Gasteiger partial charge in [-0.25, -0.2) is 0 Å². The Morgan fingerprint density at radius 3 is 0.667 bits per heavy atom. The van der Waals surface area contributed by atoms with Gasteiger partial charge in [0, 0.05) is 0 Å². The van der Waals surface area contributed by atoms with Crippen LogP contribution in [0.15, 0.2) is 0 Å². The van der Waals surface area contributed by atoms with Gasteiger partial charge in [0.1, 0.15) is 24.3 Å². The number of nitrogens with zero attached hydrogens (tertiary/aromatic N) is 4. The van der Waals surface area contributed by atoms with Crippen molar-refractivity contribution >= 4 is 0 Å². The first kappa shape index (κ1) is 18.4. The molecule has 0 aromatic heterocycles. The van der Waals surface area contributed by atoms with Crippen molar-refractivity contribution in [3.05, 3.63) is 0 Å². The summed E-state index contributed by atoms with van der Waals surface area (Å²) in [6, 6.07) is -2.09. The third-order valence-corrected chi connectivity index (χ3v) is 2.45. The summed E-state index contributed by atoms with van der Waals surface area (Å²) in [6.45, 7) is 0. The highest BCUT2D eigenvalue weighted by atomic mass is 19.3. The molecule has 4 nitrogen and oxygen atoms in total. The Labute approximate surface area is 111 Å². The lowest BCUT2D eigenvalue weighted by atomic mass is 9.66. The second-order valence-corrected chi connectivity index (χ2v) is 3.49. The lowest BCUT2D eigenvalue weighted by Crippen LogP contribution is -2.71. The zero-order valence-electron chi connectivity index (χ0n) is 9.31. The van der Waals surface area contributed by atoms with E-state index in [0.717, 1.165) is 0 Å². The van der Waals surface area contributed by atoms with Crippen LogP contribution in [0.3, 0.4) is 0 Å². The average molecular weight is 316 g/mol. The number of halogens is 8. The number of rotatable bonds is 4. The van der Waals surface area contributed by atoms with Gasteiger partial charge in [0.2, 0.25) is 0 Å². The van der Waals surface area contributed by atoms with Crippen LogP contribution in [0.25, 0.3) is 0 Å². The van der Waals surface area contributed by atoms with Crippen molar-refractivity contribution < 1.29 is 35.1 Å². The van der Waals surface area contributed by atoms with Crippen molar-refractivity contribution in [2.45, 2.75) is 23.7 Å². The topological polar surface area (TPSA) is 95.2 Å². The standard InChI is InChI=1S/C9F8N4/c10-5(11,1-18)9(6(12,13)2-19,7(14,15)3-20)8(16,17)4-21. The van der Waals surface area contributed by atoms with E-state index in [-0.39, 0.29) is 0 Å². The van der Waals surface area contributed by atoms with E-state index in [2.05, 4.69) is 0 Å². The van der Waals surface area contributed by atoms with E-state index in [1.807, 2.05) is 0 Å². The molecule has 0 amide bonds. The van der Waals surface area contributed by atoms with Crippen molar-refractivity contribution in [2.24, 2.45) is 5.41 Å². The Morgan fingerprint density at radius 2 is 0.571 bits per heavy atom. The molecule has 0 rings (SSSR count). The van der Waals surface area contributed by atoms with Crippen molar-refractivity contribution in [3.8, 4) is 24.3 Å². The molecular formula is C9F8N4. The van der Waals surface area contributed by atoms with Gasteiger partial charge in [0.25, 0.3) is 5.41 Å². The molecule has 0 fully saturated rings. The molecule has 0 N–H and O–H groups in total. The molecule has 0 atom stereocenters. The number of alkyl halides is 8. The first-order valence-corrected chi connectivity index (χ1v) is 4.41. The Balaban J connectivity index is 7.28. The van der Waals surface area contributed by atoms with Crippen molar-refractivity contribution in [1.29, 1.82) is 21.0 Å². The lowest BCUT2D eigenvalue weighted by molar-refractivity contribution is -0.337. The second-order valence-electron chi connectivity index (χ2n) is 3.49. The fourth-order valence-electron chi connectivity index (χ4n) is 1.52. The maximum atomic E-state index is 13.3. The Hall–Kier alpha value is -2.60. The molecule has 0 aliphatic heterocycles. The summed E-state index contributed by atoms with van der Waals surface area (Å²) in [5.41, 5.74) is -6.49. The third kappa shape index (κ3) is 2.00. The van der Waals surface area contributed by atoms with Gasteiger partial charge in [-0.15, -0.1) is 0 Å². The van der Waals surface area contributed by atoms with Crippen molar-refractivity contribution in [2.75, 3.05) is 0 Å². The predicted octanol–water partition coefficient (Wildman–Crippen LogP) is 2.61. The zero-order chi connectivity index (χ0) is 17.3. The molecule has 0 bridgehead atoms. The van der Waals surface area contributed by atoms with Crippen LogP contribution >= 0.6 is 0 Å². The van der Waals surface area contributed by atoms with Crippen molar-refractivity contribution in [3.63, 3.8) is 0 Å². The van der Waals surface area contributed by atoms with Crippen LogP contribution in [-0.2, 0) is 0 Å². The minimum absolute atomic E-state index is 0.523. The molecule has 0 saturated heterocycles. The maximum Gasteiger partial charge on any atom is 0.358 e. The normalized spacial score (nSPS) is 13.5. The van der Waals surface area contributed by atoms with Crippen LogP contribution in [0.2, 0.25) is 0 Å². The molecular weight excluding hydrogens is 316 g/mol. The van der Waals surface area contributed by atoms with Gasteiger partial charge in [-0.3, -0.25) is 0 Å². The van der Waals surface area contributed by atoms with E-state index >= 15 is 0 Å². The molecule has 0 heterocycles. The van der Waals surface area contributed by atoms with Gasteiger partial charge in [0.15, 0.2) is 0 Å². The van der Waals surface area contributed by atoms with E-state index in [0.29, 0.717) is 0 Å². The van der Waals surface area contributed by atoms with Crippen LogP contribution < -0.4 is 0 Å². The second kappa shape index (κ2) is 4.75. The lowest BCUT2D eigenvalue weighted by Gasteiger charge is -2.42.